The Morgan fingerprint density at radius 2 is 1.97 bits per heavy atom. The number of thiophene rings is 1. The first kappa shape index (κ1) is 21.7. The molecular formula is C23H20N4O3S2. The van der Waals surface area contributed by atoms with Crippen molar-refractivity contribution in [3.05, 3.63) is 77.8 Å². The van der Waals surface area contributed by atoms with Gasteiger partial charge < -0.3 is 15.8 Å². The van der Waals surface area contributed by atoms with Crippen molar-refractivity contribution in [2.45, 2.75) is 5.16 Å². The number of benzene rings is 2. The Morgan fingerprint density at radius 3 is 2.72 bits per heavy atom. The van der Waals surface area contributed by atoms with E-state index in [9.17, 15) is 9.59 Å². The van der Waals surface area contributed by atoms with Gasteiger partial charge in [0.05, 0.1) is 36.0 Å². The quantitative estimate of drug-likeness (QED) is 0.376. The van der Waals surface area contributed by atoms with Gasteiger partial charge in [0.25, 0.3) is 5.91 Å². The summed E-state index contributed by atoms with van der Waals surface area (Å²) >= 11 is 2.56. The fraction of sp³-hybridized carbons (Fsp3) is 0.0870. The highest BCUT2D eigenvalue weighted by Crippen LogP contribution is 2.31. The lowest BCUT2D eigenvalue weighted by Crippen LogP contribution is -2.18. The van der Waals surface area contributed by atoms with Crippen LogP contribution in [0.1, 0.15) is 10.4 Å². The molecule has 0 fully saturated rings. The first-order chi connectivity index (χ1) is 15.6. The van der Waals surface area contributed by atoms with Crippen LogP contribution in [0.2, 0.25) is 0 Å². The van der Waals surface area contributed by atoms with E-state index < -0.39 is 5.91 Å². The molecule has 0 saturated carbocycles. The van der Waals surface area contributed by atoms with Crippen molar-refractivity contribution in [1.29, 1.82) is 0 Å². The number of carbonyl (C=O) groups is 2. The van der Waals surface area contributed by atoms with Crippen LogP contribution in [0.25, 0.3) is 16.9 Å². The number of nitrogens with two attached hydrogens (primary N) is 1. The number of imidazole rings is 1. The van der Waals surface area contributed by atoms with Gasteiger partial charge in [-0.25, -0.2) is 4.98 Å². The zero-order valence-electron chi connectivity index (χ0n) is 17.1. The topological polar surface area (TPSA) is 99.2 Å². The molecule has 162 valence electrons. The average molecular weight is 465 g/mol. The number of hydrogen-bond donors (Lipinski definition) is 2. The molecule has 2 aromatic heterocycles. The van der Waals surface area contributed by atoms with Gasteiger partial charge in [-0.05, 0) is 23.6 Å². The molecule has 0 atom stereocenters. The first-order valence-electron chi connectivity index (χ1n) is 9.64. The molecule has 0 radical (unpaired) electrons. The molecule has 0 unspecified atom stereocenters. The van der Waals surface area contributed by atoms with E-state index in [1.807, 2.05) is 59.2 Å². The zero-order valence-corrected chi connectivity index (χ0v) is 18.8. The molecule has 4 rings (SSSR count). The maximum absolute atomic E-state index is 12.5. The second-order valence-electron chi connectivity index (χ2n) is 6.69. The maximum atomic E-state index is 12.5. The smallest absolute Gasteiger partial charge is 0.251 e. The third-order valence-corrected chi connectivity index (χ3v) is 6.41. The summed E-state index contributed by atoms with van der Waals surface area (Å²) in [7, 11) is 1.62. The largest absolute Gasteiger partial charge is 0.497 e. The van der Waals surface area contributed by atoms with Crippen molar-refractivity contribution in [3.8, 4) is 22.7 Å². The van der Waals surface area contributed by atoms with Crippen LogP contribution in [-0.4, -0.2) is 34.2 Å². The summed E-state index contributed by atoms with van der Waals surface area (Å²) in [6.07, 6.45) is 1.79. The van der Waals surface area contributed by atoms with Crippen molar-refractivity contribution >= 4 is 39.9 Å². The minimum absolute atomic E-state index is 0.116. The van der Waals surface area contributed by atoms with Crippen LogP contribution in [0.15, 0.2) is 77.4 Å². The third-order valence-electron chi connectivity index (χ3n) is 4.63. The Hall–Kier alpha value is -3.56. The minimum atomic E-state index is -0.574. The van der Waals surface area contributed by atoms with Gasteiger partial charge in [0.1, 0.15) is 10.8 Å². The van der Waals surface area contributed by atoms with E-state index in [1.165, 1.54) is 23.1 Å². The fourth-order valence-electron chi connectivity index (χ4n) is 3.14. The van der Waals surface area contributed by atoms with Crippen LogP contribution in [0.4, 0.5) is 5.00 Å². The molecule has 0 spiro atoms. The molecule has 4 aromatic rings. The first-order valence-corrected chi connectivity index (χ1v) is 11.5. The number of hydrogen-bond acceptors (Lipinski definition) is 6. The second-order valence-corrected chi connectivity index (χ2v) is 8.55. The maximum Gasteiger partial charge on any atom is 0.251 e. The Balaban J connectivity index is 1.61. The summed E-state index contributed by atoms with van der Waals surface area (Å²) < 4.78 is 7.38. The Morgan fingerprint density at radius 1 is 1.16 bits per heavy atom. The van der Waals surface area contributed by atoms with Crippen molar-refractivity contribution in [3.63, 3.8) is 0 Å². The van der Waals surface area contributed by atoms with E-state index in [2.05, 4.69) is 10.3 Å². The Kier molecular flexibility index (Phi) is 6.58. The molecular weight excluding hydrogens is 444 g/mol. The normalized spacial score (nSPS) is 10.7. The number of rotatable bonds is 8. The van der Waals surface area contributed by atoms with E-state index in [0.717, 1.165) is 22.7 Å². The van der Waals surface area contributed by atoms with Crippen LogP contribution in [0.5, 0.6) is 5.75 Å². The predicted molar refractivity (Wildman–Crippen MR) is 128 cm³/mol. The van der Waals surface area contributed by atoms with E-state index in [1.54, 1.807) is 24.8 Å². The van der Waals surface area contributed by atoms with E-state index in [4.69, 9.17) is 10.5 Å². The molecule has 2 amide bonds. The molecule has 2 heterocycles. The molecule has 0 saturated heterocycles. The lowest BCUT2D eigenvalue weighted by Gasteiger charge is -2.13. The standard InChI is InChI=1S/C23H20N4O3S2/c1-30-17-9-5-8-16(12-17)27-19(15-6-3-2-4-7-15)13-25-23(27)32-14-20(28)26-22-18(21(24)29)10-11-31-22/h2-13H,14H2,1H3,(H2,24,29)(H,26,28). The number of amides is 2. The number of primary amides is 1. The third kappa shape index (κ3) is 4.68. The lowest BCUT2D eigenvalue weighted by atomic mass is 10.1. The molecule has 0 aliphatic rings. The summed E-state index contributed by atoms with van der Waals surface area (Å²) in [4.78, 5) is 28.6. The van der Waals surface area contributed by atoms with Crippen LogP contribution < -0.4 is 15.8 Å². The molecule has 32 heavy (non-hydrogen) atoms. The number of aromatic nitrogens is 2. The summed E-state index contributed by atoms with van der Waals surface area (Å²) in [6.45, 7) is 0. The van der Waals surface area contributed by atoms with Crippen molar-refractivity contribution < 1.29 is 14.3 Å². The highest BCUT2D eigenvalue weighted by atomic mass is 32.2. The molecule has 0 bridgehead atoms. The molecule has 3 N–H and O–H groups in total. The molecule has 2 aromatic carbocycles. The zero-order chi connectivity index (χ0) is 22.5. The number of thioether (sulfide) groups is 1. The number of ether oxygens (including phenoxy) is 1. The van der Waals surface area contributed by atoms with Crippen LogP contribution >= 0.6 is 23.1 Å². The summed E-state index contributed by atoms with van der Waals surface area (Å²) in [6, 6.07) is 19.2. The monoisotopic (exact) mass is 464 g/mol. The van der Waals surface area contributed by atoms with Crippen LogP contribution in [0, 0.1) is 0 Å². The van der Waals surface area contributed by atoms with E-state index >= 15 is 0 Å². The van der Waals surface area contributed by atoms with Gasteiger partial charge in [0.2, 0.25) is 5.91 Å². The summed E-state index contributed by atoms with van der Waals surface area (Å²) in [5, 5.41) is 5.58. The number of methoxy groups -OCH3 is 1. The van der Waals surface area contributed by atoms with Gasteiger partial charge in [-0.3, -0.25) is 14.2 Å². The number of nitrogens with one attached hydrogen (secondary N) is 1. The van der Waals surface area contributed by atoms with Crippen molar-refractivity contribution in [2.75, 3.05) is 18.2 Å². The SMILES string of the molecule is COc1cccc(-n2c(-c3ccccc3)cnc2SCC(=O)Nc2sccc2C(N)=O)c1. The summed E-state index contributed by atoms with van der Waals surface area (Å²) in [5.41, 5.74) is 8.43. The Bertz CT molecular complexity index is 1250. The van der Waals surface area contributed by atoms with E-state index in [-0.39, 0.29) is 11.7 Å². The highest BCUT2D eigenvalue weighted by molar-refractivity contribution is 7.99. The number of nitrogens with zero attached hydrogens (tertiary/aromatic N) is 2. The van der Waals surface area contributed by atoms with Gasteiger partial charge in [-0.2, -0.15) is 0 Å². The molecule has 9 heteroatoms. The van der Waals surface area contributed by atoms with Gasteiger partial charge in [-0.15, -0.1) is 11.3 Å². The van der Waals surface area contributed by atoms with Crippen molar-refractivity contribution in [1.82, 2.24) is 9.55 Å². The fourth-order valence-corrected chi connectivity index (χ4v) is 4.74. The van der Waals surface area contributed by atoms with Gasteiger partial charge >= 0.3 is 0 Å². The number of carbonyl (C=O) groups excluding carboxylic acids is 2. The lowest BCUT2D eigenvalue weighted by molar-refractivity contribution is -0.113. The van der Waals surface area contributed by atoms with Gasteiger partial charge in [0, 0.05) is 11.6 Å². The molecule has 7 nitrogen and oxygen atoms in total. The van der Waals surface area contributed by atoms with E-state index in [0.29, 0.717) is 15.7 Å². The van der Waals surface area contributed by atoms with Crippen molar-refractivity contribution in [2.24, 2.45) is 5.73 Å². The van der Waals surface area contributed by atoms with Gasteiger partial charge in [0.15, 0.2) is 5.16 Å². The van der Waals surface area contributed by atoms with Crippen LogP contribution in [-0.2, 0) is 4.79 Å². The average Bonchev–Trinajstić information content (AvgIpc) is 3.45. The molecule has 0 aliphatic heterocycles. The Labute approximate surface area is 193 Å². The van der Waals surface area contributed by atoms with Crippen LogP contribution in [0.3, 0.4) is 0 Å². The summed E-state index contributed by atoms with van der Waals surface area (Å²) in [5.74, 6) is 0.0166. The minimum Gasteiger partial charge on any atom is -0.497 e. The number of anilines is 1. The highest BCUT2D eigenvalue weighted by Gasteiger charge is 2.17. The predicted octanol–water partition coefficient (Wildman–Crippen LogP) is 4.44. The second kappa shape index (κ2) is 9.71. The van der Waals surface area contributed by atoms with Gasteiger partial charge in [-0.1, -0.05) is 48.2 Å². The molecule has 0 aliphatic carbocycles.